The summed E-state index contributed by atoms with van der Waals surface area (Å²) >= 11 is 4.74. The van der Waals surface area contributed by atoms with Crippen LogP contribution in [0.4, 0.5) is 5.69 Å². The van der Waals surface area contributed by atoms with Gasteiger partial charge in [-0.05, 0) is 36.8 Å². The molecule has 0 aliphatic carbocycles. The number of nitrogens with two attached hydrogens (primary N) is 1. The second-order valence-corrected chi connectivity index (χ2v) is 5.91. The molecular weight excluding hydrogens is 258 g/mol. The number of rotatable bonds is 4. The lowest BCUT2D eigenvalue weighted by Crippen LogP contribution is -2.31. The molecule has 0 amide bonds. The predicted octanol–water partition coefficient (Wildman–Crippen LogP) is 0.952. The van der Waals surface area contributed by atoms with E-state index in [1.54, 1.807) is 12.1 Å². The molecule has 0 unspecified atom stereocenters. The lowest BCUT2D eigenvalue weighted by atomic mass is 10.1. The quantitative estimate of drug-likeness (QED) is 0.711. The predicted molar refractivity (Wildman–Crippen MR) is 73.2 cm³/mol. The van der Waals surface area contributed by atoms with Gasteiger partial charge in [0.25, 0.3) is 0 Å². The Morgan fingerprint density at radius 2 is 1.88 bits per heavy atom. The number of nitrogens with one attached hydrogen (secondary N) is 2. The summed E-state index contributed by atoms with van der Waals surface area (Å²) in [5.41, 5.74) is 6.87. The summed E-state index contributed by atoms with van der Waals surface area (Å²) in [6.45, 7) is 1.91. The van der Waals surface area contributed by atoms with E-state index in [-0.39, 0.29) is 11.2 Å². The third-order valence-corrected chi connectivity index (χ3v) is 2.80. The Labute approximate surface area is 106 Å². The van der Waals surface area contributed by atoms with Crippen molar-refractivity contribution in [1.29, 1.82) is 0 Å². The minimum atomic E-state index is -3.24. The molecule has 0 saturated carbocycles. The summed E-state index contributed by atoms with van der Waals surface area (Å²) in [7, 11) is -3.24. The van der Waals surface area contributed by atoms with Gasteiger partial charge in [0.15, 0.2) is 5.11 Å². The molecule has 0 aliphatic heterocycles. The van der Waals surface area contributed by atoms with Crippen molar-refractivity contribution in [3.05, 3.63) is 29.8 Å². The minimum absolute atomic E-state index is 0.0141. The maximum atomic E-state index is 11.0. The Hall–Kier alpha value is -1.34. The molecule has 1 rings (SSSR count). The number of sulfonamides is 1. The van der Waals surface area contributed by atoms with E-state index in [0.29, 0.717) is 5.69 Å². The highest BCUT2D eigenvalue weighted by atomic mass is 32.2. The number of benzene rings is 1. The summed E-state index contributed by atoms with van der Waals surface area (Å²) in [5.74, 6) is 0. The zero-order chi connectivity index (χ0) is 13.1. The van der Waals surface area contributed by atoms with Crippen LogP contribution in [-0.2, 0) is 10.0 Å². The summed E-state index contributed by atoms with van der Waals surface area (Å²) < 4.78 is 24.4. The SMILES string of the molecule is C[C@@H](NC(N)=S)c1ccc(NS(C)(=O)=O)cc1. The molecule has 0 saturated heterocycles. The minimum Gasteiger partial charge on any atom is -0.376 e. The molecule has 0 radical (unpaired) electrons. The average molecular weight is 273 g/mol. The van der Waals surface area contributed by atoms with Crippen LogP contribution in [-0.4, -0.2) is 19.8 Å². The molecule has 0 aliphatic rings. The van der Waals surface area contributed by atoms with Crippen LogP contribution >= 0.6 is 12.2 Å². The largest absolute Gasteiger partial charge is 0.376 e. The molecule has 1 aromatic carbocycles. The molecule has 0 fully saturated rings. The van der Waals surface area contributed by atoms with Crippen molar-refractivity contribution in [3.8, 4) is 0 Å². The average Bonchev–Trinajstić information content (AvgIpc) is 2.15. The van der Waals surface area contributed by atoms with Gasteiger partial charge in [-0.2, -0.15) is 0 Å². The number of anilines is 1. The summed E-state index contributed by atoms with van der Waals surface area (Å²) in [6.07, 6.45) is 1.11. The molecule has 94 valence electrons. The highest BCUT2D eigenvalue weighted by Crippen LogP contribution is 2.16. The molecule has 1 atom stereocenters. The van der Waals surface area contributed by atoms with Gasteiger partial charge in [-0.15, -0.1) is 0 Å². The van der Waals surface area contributed by atoms with Crippen molar-refractivity contribution < 1.29 is 8.42 Å². The maximum absolute atomic E-state index is 11.0. The van der Waals surface area contributed by atoms with Crippen LogP contribution in [0, 0.1) is 0 Å². The van der Waals surface area contributed by atoms with Crippen LogP contribution < -0.4 is 15.8 Å². The van der Waals surface area contributed by atoms with E-state index in [0.717, 1.165) is 11.8 Å². The highest BCUT2D eigenvalue weighted by molar-refractivity contribution is 7.92. The first-order valence-corrected chi connectivity index (χ1v) is 7.21. The fourth-order valence-electron chi connectivity index (χ4n) is 1.35. The van der Waals surface area contributed by atoms with Gasteiger partial charge < -0.3 is 11.1 Å². The first-order valence-electron chi connectivity index (χ1n) is 4.91. The van der Waals surface area contributed by atoms with Crippen molar-refractivity contribution in [2.75, 3.05) is 11.0 Å². The van der Waals surface area contributed by atoms with Gasteiger partial charge in [0, 0.05) is 5.69 Å². The van der Waals surface area contributed by atoms with E-state index in [1.165, 1.54) is 0 Å². The smallest absolute Gasteiger partial charge is 0.229 e. The second-order valence-electron chi connectivity index (χ2n) is 3.73. The van der Waals surface area contributed by atoms with Gasteiger partial charge in [0.2, 0.25) is 10.0 Å². The van der Waals surface area contributed by atoms with Gasteiger partial charge in [-0.25, -0.2) is 8.42 Å². The molecule has 0 bridgehead atoms. The van der Waals surface area contributed by atoms with Gasteiger partial charge in [-0.3, -0.25) is 4.72 Å². The van der Waals surface area contributed by atoms with Crippen molar-refractivity contribution in [1.82, 2.24) is 5.32 Å². The molecule has 7 heteroatoms. The van der Waals surface area contributed by atoms with Crippen LogP contribution in [0.1, 0.15) is 18.5 Å². The normalized spacial score (nSPS) is 12.8. The van der Waals surface area contributed by atoms with Crippen molar-refractivity contribution in [3.63, 3.8) is 0 Å². The first kappa shape index (κ1) is 13.7. The molecular formula is C10H15N3O2S2. The molecule has 4 N–H and O–H groups in total. The third kappa shape index (κ3) is 5.01. The lowest BCUT2D eigenvalue weighted by Gasteiger charge is -2.14. The van der Waals surface area contributed by atoms with Crippen LogP contribution in [0.5, 0.6) is 0 Å². The lowest BCUT2D eigenvalue weighted by molar-refractivity contribution is 0.607. The van der Waals surface area contributed by atoms with E-state index < -0.39 is 10.0 Å². The van der Waals surface area contributed by atoms with Crippen LogP contribution in [0.25, 0.3) is 0 Å². The molecule has 5 nitrogen and oxygen atoms in total. The van der Waals surface area contributed by atoms with Crippen molar-refractivity contribution in [2.45, 2.75) is 13.0 Å². The fraction of sp³-hybridized carbons (Fsp3) is 0.300. The van der Waals surface area contributed by atoms with E-state index in [9.17, 15) is 8.42 Å². The number of thiocarbonyl (C=S) groups is 1. The van der Waals surface area contributed by atoms with Gasteiger partial charge in [-0.1, -0.05) is 12.1 Å². The standard InChI is InChI=1S/C10H15N3O2S2/c1-7(12-10(11)16)8-3-5-9(6-4-8)13-17(2,14)15/h3-7,13H,1-2H3,(H3,11,12,16)/t7-/m1/s1. The number of hydrogen-bond donors (Lipinski definition) is 3. The zero-order valence-electron chi connectivity index (χ0n) is 9.60. The molecule has 0 spiro atoms. The van der Waals surface area contributed by atoms with Gasteiger partial charge in [0.1, 0.15) is 0 Å². The number of hydrogen-bond acceptors (Lipinski definition) is 3. The summed E-state index contributed by atoms with van der Waals surface area (Å²) in [5, 5.41) is 3.13. The maximum Gasteiger partial charge on any atom is 0.229 e. The third-order valence-electron chi connectivity index (χ3n) is 2.07. The summed E-state index contributed by atoms with van der Waals surface area (Å²) in [4.78, 5) is 0. The second kappa shape index (κ2) is 5.33. The van der Waals surface area contributed by atoms with E-state index in [4.69, 9.17) is 18.0 Å². The molecule has 1 aromatic rings. The monoisotopic (exact) mass is 273 g/mol. The van der Waals surface area contributed by atoms with Crippen LogP contribution in [0.2, 0.25) is 0 Å². The first-order chi connectivity index (χ1) is 7.78. The summed E-state index contributed by atoms with van der Waals surface area (Å²) in [6, 6.07) is 6.98. The Morgan fingerprint density at radius 1 is 1.35 bits per heavy atom. The molecule has 0 heterocycles. The van der Waals surface area contributed by atoms with Crippen LogP contribution in [0.3, 0.4) is 0 Å². The van der Waals surface area contributed by atoms with Crippen molar-refractivity contribution >= 4 is 33.0 Å². The Morgan fingerprint density at radius 3 is 2.29 bits per heavy atom. The van der Waals surface area contributed by atoms with Crippen molar-refractivity contribution in [2.24, 2.45) is 5.73 Å². The Bertz CT molecular complexity index is 497. The van der Waals surface area contributed by atoms with Gasteiger partial charge in [0.05, 0.1) is 12.3 Å². The topological polar surface area (TPSA) is 84.2 Å². The fourth-order valence-corrected chi connectivity index (χ4v) is 2.09. The molecule has 17 heavy (non-hydrogen) atoms. The Balaban J connectivity index is 2.77. The van der Waals surface area contributed by atoms with Crippen LogP contribution in [0.15, 0.2) is 24.3 Å². The molecule has 0 aromatic heterocycles. The Kier molecular flexibility index (Phi) is 4.30. The van der Waals surface area contributed by atoms with E-state index in [2.05, 4.69) is 10.0 Å². The van der Waals surface area contributed by atoms with E-state index in [1.807, 2.05) is 19.1 Å². The van der Waals surface area contributed by atoms with E-state index >= 15 is 0 Å². The zero-order valence-corrected chi connectivity index (χ0v) is 11.2. The highest BCUT2D eigenvalue weighted by Gasteiger charge is 2.06. The van der Waals surface area contributed by atoms with Gasteiger partial charge >= 0.3 is 0 Å².